The van der Waals surface area contributed by atoms with Crippen LogP contribution in [0, 0.1) is 5.82 Å². The molecule has 0 saturated heterocycles. The number of nitrogens with one attached hydrogen (secondary N) is 1. The minimum Gasteiger partial charge on any atom is -0.350 e. The molecule has 1 N–H and O–H groups in total. The molecular formula is C17H12ClFN2O3. The van der Waals surface area contributed by atoms with E-state index in [4.69, 9.17) is 11.6 Å². The van der Waals surface area contributed by atoms with Gasteiger partial charge >= 0.3 is 0 Å². The monoisotopic (exact) mass is 346 g/mol. The van der Waals surface area contributed by atoms with E-state index in [2.05, 4.69) is 5.32 Å². The Kier molecular flexibility index (Phi) is 4.31. The number of rotatable bonds is 4. The van der Waals surface area contributed by atoms with Crippen molar-refractivity contribution in [3.8, 4) is 0 Å². The molecule has 24 heavy (non-hydrogen) atoms. The van der Waals surface area contributed by atoms with Crippen LogP contribution in [-0.2, 0) is 11.3 Å². The number of hydrogen-bond acceptors (Lipinski definition) is 3. The second kappa shape index (κ2) is 6.41. The molecule has 0 aliphatic carbocycles. The first kappa shape index (κ1) is 16.1. The summed E-state index contributed by atoms with van der Waals surface area (Å²) in [6.45, 7) is -0.480. The smallest absolute Gasteiger partial charge is 0.263 e. The maximum atomic E-state index is 13.5. The van der Waals surface area contributed by atoms with Gasteiger partial charge in [0.2, 0.25) is 5.91 Å². The molecular weight excluding hydrogens is 335 g/mol. The molecule has 7 heteroatoms. The van der Waals surface area contributed by atoms with Crippen LogP contribution >= 0.6 is 11.6 Å². The Bertz CT molecular complexity index is 853. The zero-order chi connectivity index (χ0) is 17.3. The highest BCUT2D eigenvalue weighted by Crippen LogP contribution is 2.28. The minimum atomic E-state index is -0.610. The summed E-state index contributed by atoms with van der Waals surface area (Å²) in [5, 5.41) is 2.66. The van der Waals surface area contributed by atoms with E-state index in [-0.39, 0.29) is 22.7 Å². The molecule has 0 bridgehead atoms. The molecule has 1 aliphatic heterocycles. The molecule has 1 aliphatic rings. The van der Waals surface area contributed by atoms with Gasteiger partial charge < -0.3 is 5.32 Å². The number of amides is 3. The molecule has 0 spiro atoms. The molecule has 5 nitrogen and oxygen atoms in total. The van der Waals surface area contributed by atoms with Gasteiger partial charge in [0.15, 0.2) is 0 Å². The van der Waals surface area contributed by atoms with E-state index >= 15 is 0 Å². The summed E-state index contributed by atoms with van der Waals surface area (Å²) < 4.78 is 13.5. The van der Waals surface area contributed by atoms with Gasteiger partial charge in [-0.3, -0.25) is 19.3 Å². The van der Waals surface area contributed by atoms with Crippen LogP contribution in [-0.4, -0.2) is 29.2 Å². The molecule has 1 heterocycles. The van der Waals surface area contributed by atoms with E-state index in [1.165, 1.54) is 24.3 Å². The van der Waals surface area contributed by atoms with Crippen LogP contribution in [0.15, 0.2) is 42.5 Å². The van der Waals surface area contributed by atoms with Crippen molar-refractivity contribution in [1.29, 1.82) is 0 Å². The van der Waals surface area contributed by atoms with Gasteiger partial charge in [-0.15, -0.1) is 0 Å². The van der Waals surface area contributed by atoms with Crippen LogP contribution in [0.3, 0.4) is 0 Å². The molecule has 0 atom stereocenters. The number of hydrogen-bond donors (Lipinski definition) is 1. The fraction of sp³-hybridized carbons (Fsp3) is 0.118. The number of imide groups is 1. The first-order valence-electron chi connectivity index (χ1n) is 7.14. The molecule has 3 rings (SSSR count). The van der Waals surface area contributed by atoms with Crippen LogP contribution in [0.5, 0.6) is 0 Å². The summed E-state index contributed by atoms with van der Waals surface area (Å²) in [6.07, 6.45) is 0. The lowest BCUT2D eigenvalue weighted by molar-refractivity contribution is -0.121. The van der Waals surface area contributed by atoms with Crippen LogP contribution in [0.4, 0.5) is 4.39 Å². The fourth-order valence-corrected chi connectivity index (χ4v) is 2.73. The molecule has 0 unspecified atom stereocenters. The van der Waals surface area contributed by atoms with E-state index in [1.54, 1.807) is 18.2 Å². The SMILES string of the molecule is O=C(CN1C(=O)c2cccc(Cl)c2C1=O)NCc1ccccc1F. The lowest BCUT2D eigenvalue weighted by Gasteiger charge is -2.13. The van der Waals surface area contributed by atoms with Gasteiger partial charge in [-0.05, 0) is 18.2 Å². The van der Waals surface area contributed by atoms with Crippen LogP contribution in [0.25, 0.3) is 0 Å². The summed E-state index contributed by atoms with van der Waals surface area (Å²) in [5.41, 5.74) is 0.594. The average molecular weight is 347 g/mol. The molecule has 2 aromatic carbocycles. The van der Waals surface area contributed by atoms with E-state index in [0.717, 1.165) is 4.90 Å². The predicted molar refractivity (Wildman–Crippen MR) is 85.1 cm³/mol. The highest BCUT2D eigenvalue weighted by Gasteiger charge is 2.38. The van der Waals surface area contributed by atoms with Gasteiger partial charge in [-0.2, -0.15) is 0 Å². The van der Waals surface area contributed by atoms with Crippen molar-refractivity contribution in [1.82, 2.24) is 10.2 Å². The molecule has 0 aromatic heterocycles. The van der Waals surface area contributed by atoms with Crippen molar-refractivity contribution in [2.45, 2.75) is 6.54 Å². The van der Waals surface area contributed by atoms with Gasteiger partial charge in [0, 0.05) is 12.1 Å². The Hall–Kier alpha value is -2.73. The van der Waals surface area contributed by atoms with Crippen molar-refractivity contribution in [3.63, 3.8) is 0 Å². The summed E-state index contributed by atoms with van der Waals surface area (Å²) in [6, 6.07) is 10.6. The third-order valence-corrected chi connectivity index (χ3v) is 4.00. The van der Waals surface area contributed by atoms with Crippen molar-refractivity contribution in [2.24, 2.45) is 0 Å². The van der Waals surface area contributed by atoms with E-state index in [1.807, 2.05) is 0 Å². The van der Waals surface area contributed by atoms with Crippen molar-refractivity contribution in [3.05, 3.63) is 70.0 Å². The van der Waals surface area contributed by atoms with Crippen LogP contribution < -0.4 is 5.32 Å². The molecule has 0 saturated carbocycles. The Morgan fingerprint density at radius 3 is 2.54 bits per heavy atom. The zero-order valence-corrected chi connectivity index (χ0v) is 13.1. The second-order valence-corrected chi connectivity index (χ2v) is 5.63. The van der Waals surface area contributed by atoms with E-state index < -0.39 is 30.1 Å². The van der Waals surface area contributed by atoms with E-state index in [0.29, 0.717) is 5.56 Å². The fourth-order valence-electron chi connectivity index (χ4n) is 2.47. The summed E-state index contributed by atoms with van der Waals surface area (Å²) >= 11 is 5.95. The van der Waals surface area contributed by atoms with Gasteiger partial charge in [0.25, 0.3) is 11.8 Å². The molecule has 0 radical (unpaired) electrons. The molecule has 122 valence electrons. The normalized spacial score (nSPS) is 13.2. The third kappa shape index (κ3) is 2.88. The Morgan fingerprint density at radius 2 is 1.83 bits per heavy atom. The zero-order valence-electron chi connectivity index (χ0n) is 12.4. The summed E-state index contributed by atoms with van der Waals surface area (Å²) in [7, 11) is 0. The lowest BCUT2D eigenvalue weighted by atomic mass is 10.1. The predicted octanol–water partition coefficient (Wildman–Crippen LogP) is 2.39. The van der Waals surface area contributed by atoms with Gasteiger partial charge in [-0.25, -0.2) is 4.39 Å². The average Bonchev–Trinajstić information content (AvgIpc) is 2.80. The first-order chi connectivity index (χ1) is 11.5. The molecule has 2 aromatic rings. The Morgan fingerprint density at radius 1 is 1.08 bits per heavy atom. The van der Waals surface area contributed by atoms with Gasteiger partial charge in [-0.1, -0.05) is 35.9 Å². The quantitative estimate of drug-likeness (QED) is 0.864. The first-order valence-corrected chi connectivity index (χ1v) is 7.51. The van der Waals surface area contributed by atoms with Crippen molar-refractivity contribution in [2.75, 3.05) is 6.54 Å². The number of halogens is 2. The van der Waals surface area contributed by atoms with Gasteiger partial charge in [0.1, 0.15) is 12.4 Å². The van der Waals surface area contributed by atoms with Crippen molar-refractivity contribution < 1.29 is 18.8 Å². The number of nitrogens with zero attached hydrogens (tertiary/aromatic N) is 1. The number of carbonyl (C=O) groups is 3. The number of benzene rings is 2. The van der Waals surface area contributed by atoms with Crippen LogP contribution in [0.1, 0.15) is 26.3 Å². The summed E-state index contributed by atoms with van der Waals surface area (Å²) in [4.78, 5) is 37.3. The van der Waals surface area contributed by atoms with Gasteiger partial charge in [0.05, 0.1) is 16.1 Å². The maximum absolute atomic E-state index is 13.5. The third-order valence-electron chi connectivity index (χ3n) is 3.68. The summed E-state index contributed by atoms with van der Waals surface area (Å²) in [5.74, 6) is -2.19. The lowest BCUT2D eigenvalue weighted by Crippen LogP contribution is -2.40. The highest BCUT2D eigenvalue weighted by molar-refractivity contribution is 6.37. The Balaban J connectivity index is 1.68. The topological polar surface area (TPSA) is 66.5 Å². The standard InChI is InChI=1S/C17H12ClFN2O3/c18-12-6-3-5-11-15(12)17(24)21(16(11)23)9-14(22)20-8-10-4-1-2-7-13(10)19/h1-7H,8-9H2,(H,20,22). The number of carbonyl (C=O) groups excluding carboxylic acids is 3. The van der Waals surface area contributed by atoms with Crippen molar-refractivity contribution >= 4 is 29.3 Å². The Labute approximate surface area is 142 Å². The maximum Gasteiger partial charge on any atom is 0.263 e. The second-order valence-electron chi connectivity index (χ2n) is 5.23. The molecule has 0 fully saturated rings. The molecule has 3 amide bonds. The highest BCUT2D eigenvalue weighted by atomic mass is 35.5. The number of fused-ring (bicyclic) bond motifs is 1. The largest absolute Gasteiger partial charge is 0.350 e. The van der Waals surface area contributed by atoms with Crippen LogP contribution in [0.2, 0.25) is 5.02 Å². The van der Waals surface area contributed by atoms with E-state index in [9.17, 15) is 18.8 Å². The minimum absolute atomic E-state index is 0.0323.